The maximum atomic E-state index is 13.4. The Labute approximate surface area is 255 Å². The molecule has 10 nitrogen and oxygen atoms in total. The van der Waals surface area contributed by atoms with Crippen molar-refractivity contribution in [1.29, 1.82) is 0 Å². The summed E-state index contributed by atoms with van der Waals surface area (Å²) >= 11 is 3.54. The van der Waals surface area contributed by atoms with Crippen LogP contribution in [0.25, 0.3) is 11.4 Å². The number of methoxy groups -OCH3 is 1. The number of aromatic nitrogens is 4. The molecule has 3 aromatic rings. The first kappa shape index (κ1) is 30.5. The minimum absolute atomic E-state index is 0.0517. The van der Waals surface area contributed by atoms with Crippen molar-refractivity contribution in [3.05, 3.63) is 58.3 Å². The van der Waals surface area contributed by atoms with Gasteiger partial charge in [-0.25, -0.2) is 13.9 Å². The molecule has 3 heterocycles. The van der Waals surface area contributed by atoms with E-state index >= 15 is 0 Å². The summed E-state index contributed by atoms with van der Waals surface area (Å²) in [6, 6.07) is 12.4. The molecule has 0 saturated carbocycles. The number of nitrogens with zero attached hydrogens (tertiary/aromatic N) is 6. The van der Waals surface area contributed by atoms with Crippen LogP contribution in [0.5, 0.6) is 0 Å². The van der Waals surface area contributed by atoms with Crippen LogP contribution in [0.2, 0.25) is 0 Å². The van der Waals surface area contributed by atoms with Gasteiger partial charge in [-0.2, -0.15) is 0 Å². The van der Waals surface area contributed by atoms with E-state index in [1.807, 2.05) is 30.3 Å². The summed E-state index contributed by atoms with van der Waals surface area (Å²) in [4.78, 5) is 18.3. The van der Waals surface area contributed by atoms with Gasteiger partial charge in [0.25, 0.3) is 0 Å². The number of amides is 2. The van der Waals surface area contributed by atoms with E-state index in [4.69, 9.17) is 4.74 Å². The van der Waals surface area contributed by atoms with E-state index in [0.29, 0.717) is 24.0 Å². The summed E-state index contributed by atoms with van der Waals surface area (Å²) in [6.07, 6.45) is 4.17. The number of aryl methyl sites for hydroxylation is 1. The Morgan fingerprint density at radius 1 is 1.12 bits per heavy atom. The van der Waals surface area contributed by atoms with Gasteiger partial charge in [0.1, 0.15) is 5.82 Å². The van der Waals surface area contributed by atoms with E-state index in [0.717, 1.165) is 68.6 Å². The highest BCUT2D eigenvalue weighted by Crippen LogP contribution is 2.27. The molecule has 2 aliphatic heterocycles. The Hall–Kier alpha value is -2.93. The molecule has 2 saturated heterocycles. The number of benzene rings is 2. The van der Waals surface area contributed by atoms with Gasteiger partial charge in [0.15, 0.2) is 5.82 Å². The zero-order chi connectivity index (χ0) is 29.5. The van der Waals surface area contributed by atoms with Crippen molar-refractivity contribution in [2.45, 2.75) is 31.7 Å². The number of tetrazole rings is 1. The van der Waals surface area contributed by atoms with E-state index in [1.165, 1.54) is 12.0 Å². The summed E-state index contributed by atoms with van der Waals surface area (Å²) in [7, 11) is 3.52. The highest BCUT2D eigenvalue weighted by molar-refractivity contribution is 9.10. The molecule has 2 aliphatic rings. The summed E-state index contributed by atoms with van der Waals surface area (Å²) < 4.78 is 21.2. The molecule has 0 radical (unpaired) electrons. The van der Waals surface area contributed by atoms with Gasteiger partial charge in [-0.05, 0) is 84.5 Å². The van der Waals surface area contributed by atoms with Crippen LogP contribution in [0.4, 0.5) is 14.9 Å². The summed E-state index contributed by atoms with van der Waals surface area (Å²) in [5, 5.41) is 18.0. The van der Waals surface area contributed by atoms with Crippen molar-refractivity contribution in [2.24, 2.45) is 18.9 Å². The highest BCUT2D eigenvalue weighted by Gasteiger charge is 2.33. The maximum Gasteiger partial charge on any atom is 0.319 e. The van der Waals surface area contributed by atoms with Crippen molar-refractivity contribution in [3.63, 3.8) is 0 Å². The molecule has 226 valence electrons. The average molecular weight is 644 g/mol. The Morgan fingerprint density at radius 2 is 1.95 bits per heavy atom. The minimum Gasteiger partial charge on any atom is -0.383 e. The van der Waals surface area contributed by atoms with Crippen LogP contribution in [0, 0.1) is 17.7 Å². The Balaban J connectivity index is 1.22. The summed E-state index contributed by atoms with van der Waals surface area (Å²) in [5.41, 5.74) is 2.65. The molecule has 12 heteroatoms. The van der Waals surface area contributed by atoms with Crippen LogP contribution in [-0.2, 0) is 18.2 Å². The molecular weight excluding hydrogens is 603 g/mol. The monoisotopic (exact) mass is 642 g/mol. The van der Waals surface area contributed by atoms with Crippen LogP contribution in [0.1, 0.15) is 24.8 Å². The number of halogens is 2. The normalized spacial score (nSPS) is 21.8. The van der Waals surface area contributed by atoms with Gasteiger partial charge in [0.2, 0.25) is 0 Å². The number of ether oxygens (including phenoxy) is 1. The van der Waals surface area contributed by atoms with Gasteiger partial charge in [0, 0.05) is 74.6 Å². The van der Waals surface area contributed by atoms with Crippen LogP contribution >= 0.6 is 15.9 Å². The van der Waals surface area contributed by atoms with E-state index in [2.05, 4.69) is 51.9 Å². The fourth-order valence-electron chi connectivity index (χ4n) is 6.28. The third-order valence-corrected chi connectivity index (χ3v) is 8.77. The van der Waals surface area contributed by atoms with E-state index in [9.17, 15) is 9.18 Å². The van der Waals surface area contributed by atoms with Crippen LogP contribution < -0.4 is 10.6 Å². The number of likely N-dealkylation sites (tertiary alicyclic amines) is 2. The first-order valence-electron chi connectivity index (χ1n) is 14.6. The zero-order valence-electron chi connectivity index (χ0n) is 24.3. The number of carbonyl (C=O) groups excluding carboxylic acids is 1. The molecular formula is C30H40BrFN8O2. The van der Waals surface area contributed by atoms with Crippen molar-refractivity contribution in [1.82, 2.24) is 35.3 Å². The van der Waals surface area contributed by atoms with Crippen LogP contribution in [0.3, 0.4) is 0 Å². The third-order valence-electron chi connectivity index (χ3n) is 8.31. The molecule has 3 atom stereocenters. The number of piperidine rings is 2. The molecule has 1 aromatic heterocycles. The minimum atomic E-state index is -0.219. The van der Waals surface area contributed by atoms with E-state index < -0.39 is 0 Å². The summed E-state index contributed by atoms with van der Waals surface area (Å²) in [5.74, 6) is 1.25. The number of urea groups is 1. The molecule has 2 amide bonds. The van der Waals surface area contributed by atoms with Gasteiger partial charge in [-0.1, -0.05) is 28.1 Å². The van der Waals surface area contributed by atoms with Crippen molar-refractivity contribution in [3.8, 4) is 11.4 Å². The lowest BCUT2D eigenvalue weighted by atomic mass is 9.88. The number of hydrogen-bond donors (Lipinski definition) is 2. The number of carbonyl (C=O) groups is 1. The maximum absolute atomic E-state index is 13.4. The zero-order valence-corrected chi connectivity index (χ0v) is 25.9. The second-order valence-electron chi connectivity index (χ2n) is 11.5. The fraction of sp³-hybridized carbons (Fsp3) is 0.533. The van der Waals surface area contributed by atoms with Crippen LogP contribution in [0.15, 0.2) is 46.9 Å². The Bertz CT molecular complexity index is 1320. The highest BCUT2D eigenvalue weighted by atomic mass is 79.9. The molecule has 1 unspecified atom stereocenters. The first-order valence-corrected chi connectivity index (χ1v) is 15.4. The number of rotatable bonds is 10. The van der Waals surface area contributed by atoms with Gasteiger partial charge < -0.3 is 25.2 Å². The lowest BCUT2D eigenvalue weighted by Crippen LogP contribution is -2.56. The standard InChI is InChI=1S/C30H40BrFN8O2/c1-38-29(35-36-37-38)23-15-25(31)17-27(16-23)33-30(41)34-28-9-11-39(12-13-42-2)19-24(28)20-40-10-3-4-22(18-40)14-21-5-7-26(32)8-6-21/h5-8,15-17,22,24,28H,3-4,9-14,18-20H2,1-2H3,(H2,33,34,41)/t22?,24-,28+/m0/s1. The second-order valence-corrected chi connectivity index (χ2v) is 12.4. The van der Waals surface area contributed by atoms with Crippen LogP contribution in [-0.4, -0.2) is 95.1 Å². The van der Waals surface area contributed by atoms with Gasteiger partial charge in [-0.15, -0.1) is 5.10 Å². The molecule has 5 rings (SSSR count). The third kappa shape index (κ3) is 8.33. The summed E-state index contributed by atoms with van der Waals surface area (Å²) in [6.45, 7) is 6.41. The Kier molecular flexibility index (Phi) is 10.5. The number of nitrogens with one attached hydrogen (secondary N) is 2. The molecule has 2 aromatic carbocycles. The van der Waals surface area contributed by atoms with Crippen molar-refractivity contribution >= 4 is 27.6 Å². The van der Waals surface area contributed by atoms with E-state index in [-0.39, 0.29) is 23.8 Å². The topological polar surface area (TPSA) is 100 Å². The molecule has 0 aliphatic carbocycles. The van der Waals surface area contributed by atoms with E-state index in [1.54, 1.807) is 31.0 Å². The smallest absolute Gasteiger partial charge is 0.319 e. The number of anilines is 1. The lowest BCUT2D eigenvalue weighted by molar-refractivity contribution is 0.0689. The van der Waals surface area contributed by atoms with Gasteiger partial charge in [-0.3, -0.25) is 0 Å². The van der Waals surface area contributed by atoms with Crippen molar-refractivity contribution in [2.75, 3.05) is 58.3 Å². The quantitative estimate of drug-likeness (QED) is 0.342. The SMILES string of the molecule is COCCN1CC[C@@H](NC(=O)Nc2cc(Br)cc(-c3nnnn3C)c2)[C@H](CN2CCCC(Cc3ccc(F)cc3)C2)C1. The second kappa shape index (κ2) is 14.5. The predicted molar refractivity (Wildman–Crippen MR) is 164 cm³/mol. The molecule has 2 fully saturated rings. The molecule has 0 spiro atoms. The first-order chi connectivity index (χ1) is 20.4. The average Bonchev–Trinajstić information content (AvgIpc) is 3.40. The predicted octanol–water partition coefficient (Wildman–Crippen LogP) is 4.19. The van der Waals surface area contributed by atoms with Crippen molar-refractivity contribution < 1.29 is 13.9 Å². The molecule has 2 N–H and O–H groups in total. The number of hydrogen-bond acceptors (Lipinski definition) is 7. The largest absolute Gasteiger partial charge is 0.383 e. The lowest BCUT2D eigenvalue weighted by Gasteiger charge is -2.42. The fourth-order valence-corrected chi connectivity index (χ4v) is 6.77. The Morgan fingerprint density at radius 3 is 2.71 bits per heavy atom. The van der Waals surface area contributed by atoms with Gasteiger partial charge >= 0.3 is 6.03 Å². The van der Waals surface area contributed by atoms with Gasteiger partial charge in [0.05, 0.1) is 6.61 Å². The molecule has 0 bridgehead atoms. The molecule has 42 heavy (non-hydrogen) atoms.